The average molecular weight is 388 g/mol. The molecule has 0 bridgehead atoms. The molecule has 1 aliphatic rings. The van der Waals surface area contributed by atoms with Gasteiger partial charge >= 0.3 is 0 Å². The van der Waals surface area contributed by atoms with E-state index in [2.05, 4.69) is 33.5 Å². The first-order valence-corrected chi connectivity index (χ1v) is 9.63. The first-order valence-electron chi connectivity index (χ1n) is 9.63. The third-order valence-electron chi connectivity index (χ3n) is 5.24. The predicted octanol–water partition coefficient (Wildman–Crippen LogP) is 3.30. The number of nitrogens with one attached hydrogen (secondary N) is 3. The highest BCUT2D eigenvalue weighted by Crippen LogP contribution is 2.36. The average Bonchev–Trinajstić information content (AvgIpc) is 3.27. The number of fused-ring (bicyclic) bond motifs is 1. The number of hydrogen-bond acceptors (Lipinski definition) is 5. The van der Waals surface area contributed by atoms with Gasteiger partial charge in [-0.05, 0) is 35.7 Å². The van der Waals surface area contributed by atoms with Crippen LogP contribution in [0.1, 0.15) is 30.5 Å². The lowest BCUT2D eigenvalue weighted by atomic mass is 9.95. The molecule has 0 aliphatic carbocycles. The number of hydrazone groups is 1. The van der Waals surface area contributed by atoms with Crippen molar-refractivity contribution in [3.8, 4) is 5.75 Å². The Kier molecular flexibility index (Phi) is 5.55. The van der Waals surface area contributed by atoms with Crippen LogP contribution in [0.25, 0.3) is 10.8 Å². The molecular weight excluding hydrogens is 364 g/mol. The van der Waals surface area contributed by atoms with Crippen molar-refractivity contribution in [3.63, 3.8) is 0 Å². The molecule has 3 N–H and O–H groups in total. The van der Waals surface area contributed by atoms with Crippen LogP contribution in [-0.2, 0) is 4.79 Å². The van der Waals surface area contributed by atoms with E-state index in [-0.39, 0.29) is 11.9 Å². The van der Waals surface area contributed by atoms with Gasteiger partial charge in [-0.2, -0.15) is 5.10 Å². The number of ether oxygens (including phenoxy) is 1. The van der Waals surface area contributed by atoms with Gasteiger partial charge in [0.2, 0.25) is 0 Å². The molecule has 0 saturated carbocycles. The SMILES string of the molecule is COc1ccc2ccccc2c1C1CC(C(=O)N/N=C(/C)c2ccccc2)NN1. The van der Waals surface area contributed by atoms with Crippen LogP contribution in [0.2, 0.25) is 0 Å². The molecule has 4 rings (SSSR count). The van der Waals surface area contributed by atoms with Crippen molar-refractivity contribution in [1.29, 1.82) is 0 Å². The summed E-state index contributed by atoms with van der Waals surface area (Å²) in [7, 11) is 1.67. The number of benzene rings is 3. The molecule has 1 aliphatic heterocycles. The van der Waals surface area contributed by atoms with Crippen LogP contribution in [0.3, 0.4) is 0 Å². The highest BCUT2D eigenvalue weighted by atomic mass is 16.5. The summed E-state index contributed by atoms with van der Waals surface area (Å²) in [5.41, 5.74) is 11.8. The molecule has 0 aromatic heterocycles. The molecule has 0 radical (unpaired) electrons. The third-order valence-corrected chi connectivity index (χ3v) is 5.24. The van der Waals surface area contributed by atoms with Crippen molar-refractivity contribution in [2.45, 2.75) is 25.4 Å². The van der Waals surface area contributed by atoms with Crippen molar-refractivity contribution in [1.82, 2.24) is 16.3 Å². The van der Waals surface area contributed by atoms with Crippen molar-refractivity contribution < 1.29 is 9.53 Å². The molecule has 2 atom stereocenters. The minimum Gasteiger partial charge on any atom is -0.496 e. The summed E-state index contributed by atoms with van der Waals surface area (Å²) in [6.45, 7) is 1.87. The van der Waals surface area contributed by atoms with Gasteiger partial charge in [-0.3, -0.25) is 4.79 Å². The van der Waals surface area contributed by atoms with Crippen molar-refractivity contribution in [3.05, 3.63) is 77.9 Å². The zero-order chi connectivity index (χ0) is 20.2. The maximum absolute atomic E-state index is 12.6. The number of carbonyl (C=O) groups excluding carboxylic acids is 1. The lowest BCUT2D eigenvalue weighted by molar-refractivity contribution is -0.122. The molecule has 1 heterocycles. The van der Waals surface area contributed by atoms with Gasteiger partial charge in [-0.1, -0.05) is 60.7 Å². The number of hydrogen-bond donors (Lipinski definition) is 3. The Labute approximate surface area is 169 Å². The Bertz CT molecular complexity index is 1050. The summed E-state index contributed by atoms with van der Waals surface area (Å²) >= 11 is 0. The quantitative estimate of drug-likeness (QED) is 0.463. The van der Waals surface area contributed by atoms with Gasteiger partial charge in [0, 0.05) is 5.56 Å². The number of rotatable bonds is 5. The fourth-order valence-electron chi connectivity index (χ4n) is 3.69. The second-order valence-corrected chi connectivity index (χ2v) is 7.07. The molecule has 6 nitrogen and oxygen atoms in total. The molecule has 1 amide bonds. The Morgan fingerprint density at radius 3 is 2.59 bits per heavy atom. The summed E-state index contributed by atoms with van der Waals surface area (Å²) in [6, 6.07) is 21.5. The Balaban J connectivity index is 1.50. The van der Waals surface area contributed by atoms with Gasteiger partial charge in [0.1, 0.15) is 11.8 Å². The molecule has 6 heteroatoms. The van der Waals surface area contributed by atoms with Crippen molar-refractivity contribution in [2.24, 2.45) is 5.10 Å². The van der Waals surface area contributed by atoms with Crippen LogP contribution < -0.4 is 21.0 Å². The maximum Gasteiger partial charge on any atom is 0.258 e. The van der Waals surface area contributed by atoms with Crippen molar-refractivity contribution >= 4 is 22.4 Å². The highest BCUT2D eigenvalue weighted by Gasteiger charge is 2.32. The largest absolute Gasteiger partial charge is 0.496 e. The summed E-state index contributed by atoms with van der Waals surface area (Å²) in [6.07, 6.45) is 0.593. The van der Waals surface area contributed by atoms with E-state index in [1.165, 1.54) is 0 Å². The van der Waals surface area contributed by atoms with Crippen LogP contribution in [0, 0.1) is 0 Å². The molecule has 1 fully saturated rings. The minimum atomic E-state index is -0.393. The molecule has 0 spiro atoms. The van der Waals surface area contributed by atoms with E-state index < -0.39 is 6.04 Å². The number of hydrazine groups is 1. The summed E-state index contributed by atoms with van der Waals surface area (Å²) in [5.74, 6) is 0.636. The smallest absolute Gasteiger partial charge is 0.258 e. The number of carbonyl (C=O) groups is 1. The predicted molar refractivity (Wildman–Crippen MR) is 115 cm³/mol. The highest BCUT2D eigenvalue weighted by molar-refractivity contribution is 5.99. The monoisotopic (exact) mass is 388 g/mol. The van der Waals surface area contributed by atoms with E-state index in [4.69, 9.17) is 4.74 Å². The van der Waals surface area contributed by atoms with E-state index in [9.17, 15) is 4.79 Å². The van der Waals surface area contributed by atoms with Crippen LogP contribution in [0.4, 0.5) is 0 Å². The number of amides is 1. The van der Waals surface area contributed by atoms with E-state index in [0.717, 1.165) is 33.4 Å². The van der Waals surface area contributed by atoms with Gasteiger partial charge in [-0.25, -0.2) is 16.3 Å². The second kappa shape index (κ2) is 8.43. The lowest BCUT2D eigenvalue weighted by Crippen LogP contribution is -2.41. The van der Waals surface area contributed by atoms with Crippen LogP contribution in [0.15, 0.2) is 71.8 Å². The zero-order valence-electron chi connectivity index (χ0n) is 16.5. The molecule has 1 saturated heterocycles. The second-order valence-electron chi connectivity index (χ2n) is 7.07. The van der Waals surface area contributed by atoms with Gasteiger partial charge in [-0.15, -0.1) is 0 Å². The molecule has 3 aromatic rings. The Hall–Kier alpha value is -3.22. The minimum absolute atomic E-state index is 0.0500. The standard InChI is InChI=1S/C23H24N4O2/c1-15(16-8-4-3-5-9-16)24-27-23(28)20-14-19(25-26-20)22-18-11-7-6-10-17(18)12-13-21(22)29-2/h3-13,19-20,25-26H,14H2,1-2H3,(H,27,28)/b24-15-. The maximum atomic E-state index is 12.6. The topological polar surface area (TPSA) is 74.8 Å². The first kappa shape index (κ1) is 19.1. The van der Waals surface area contributed by atoms with Crippen LogP contribution >= 0.6 is 0 Å². The van der Waals surface area contributed by atoms with E-state index in [1.807, 2.05) is 61.5 Å². The van der Waals surface area contributed by atoms with Crippen molar-refractivity contribution in [2.75, 3.05) is 7.11 Å². The molecule has 29 heavy (non-hydrogen) atoms. The van der Waals surface area contributed by atoms with E-state index in [0.29, 0.717) is 6.42 Å². The molecule has 148 valence electrons. The van der Waals surface area contributed by atoms with E-state index in [1.54, 1.807) is 7.11 Å². The fraction of sp³-hybridized carbons (Fsp3) is 0.217. The van der Waals surface area contributed by atoms with E-state index >= 15 is 0 Å². The summed E-state index contributed by atoms with van der Waals surface area (Å²) < 4.78 is 5.60. The molecular formula is C23H24N4O2. The number of nitrogens with zero attached hydrogens (tertiary/aromatic N) is 1. The third kappa shape index (κ3) is 3.99. The number of methoxy groups -OCH3 is 1. The van der Waals surface area contributed by atoms with Gasteiger partial charge < -0.3 is 4.74 Å². The molecule has 3 aromatic carbocycles. The normalized spacial score (nSPS) is 19.3. The van der Waals surface area contributed by atoms with Gasteiger partial charge in [0.15, 0.2) is 0 Å². The Morgan fingerprint density at radius 2 is 1.79 bits per heavy atom. The van der Waals surface area contributed by atoms with Gasteiger partial charge in [0.05, 0.1) is 18.9 Å². The fourth-order valence-corrected chi connectivity index (χ4v) is 3.69. The molecule has 2 unspecified atom stereocenters. The first-order chi connectivity index (χ1) is 14.2. The lowest BCUT2D eigenvalue weighted by Gasteiger charge is -2.17. The Morgan fingerprint density at radius 1 is 1.03 bits per heavy atom. The van der Waals surface area contributed by atoms with Gasteiger partial charge in [0.25, 0.3) is 5.91 Å². The van der Waals surface area contributed by atoms with Crippen LogP contribution in [-0.4, -0.2) is 24.8 Å². The van der Waals surface area contributed by atoms with Crippen LogP contribution in [0.5, 0.6) is 5.75 Å². The summed E-state index contributed by atoms with van der Waals surface area (Å²) in [4.78, 5) is 12.6. The summed E-state index contributed by atoms with van der Waals surface area (Å²) in [5, 5.41) is 6.50. The zero-order valence-corrected chi connectivity index (χ0v) is 16.5.